The van der Waals surface area contributed by atoms with Gasteiger partial charge in [0.05, 0.1) is 0 Å². The quantitative estimate of drug-likeness (QED) is 0.0262. The molecule has 0 N–H and O–H groups in total. The highest BCUT2D eigenvalue weighted by atomic mass is 16.6. The smallest absolute Gasteiger partial charge is 0.306 e. The Morgan fingerprint density at radius 3 is 0.882 bits per heavy atom. The van der Waals surface area contributed by atoms with Gasteiger partial charge in [-0.05, 0) is 70.6 Å². The van der Waals surface area contributed by atoms with Gasteiger partial charge in [0.2, 0.25) is 0 Å². The Balaban J connectivity index is 4.46. The summed E-state index contributed by atoms with van der Waals surface area (Å²) in [4.78, 5) is 38.2. The van der Waals surface area contributed by atoms with Crippen LogP contribution in [-0.4, -0.2) is 37.2 Å². The molecular formula is C62H108O6. The monoisotopic (exact) mass is 949 g/mol. The first-order valence-electron chi connectivity index (χ1n) is 29.0. The van der Waals surface area contributed by atoms with E-state index in [2.05, 4.69) is 93.7 Å². The molecule has 0 rings (SSSR count). The molecule has 392 valence electrons. The third kappa shape index (κ3) is 53.8. The molecule has 1 unspecified atom stereocenters. The fourth-order valence-electron chi connectivity index (χ4n) is 8.15. The predicted molar refractivity (Wildman–Crippen MR) is 293 cm³/mol. The van der Waals surface area contributed by atoms with Gasteiger partial charge < -0.3 is 14.2 Å². The van der Waals surface area contributed by atoms with Crippen molar-refractivity contribution in [1.29, 1.82) is 0 Å². The molecule has 6 heteroatoms. The van der Waals surface area contributed by atoms with E-state index in [4.69, 9.17) is 14.2 Å². The summed E-state index contributed by atoms with van der Waals surface area (Å²) in [7, 11) is 0. The number of hydrogen-bond acceptors (Lipinski definition) is 6. The van der Waals surface area contributed by atoms with Crippen molar-refractivity contribution >= 4 is 17.9 Å². The van der Waals surface area contributed by atoms with Crippen LogP contribution in [0.1, 0.15) is 284 Å². The van der Waals surface area contributed by atoms with E-state index in [1.54, 1.807) is 0 Å². The number of carbonyl (C=O) groups excluding carboxylic acids is 3. The van der Waals surface area contributed by atoms with Crippen molar-refractivity contribution in [2.75, 3.05) is 13.2 Å². The number of unbranched alkanes of at least 4 members (excludes halogenated alkanes) is 33. The summed E-state index contributed by atoms with van der Waals surface area (Å²) in [6, 6.07) is 0. The number of esters is 3. The molecule has 0 aliphatic carbocycles. The van der Waals surface area contributed by atoms with Crippen LogP contribution in [0.4, 0.5) is 0 Å². The average molecular weight is 950 g/mol. The molecule has 0 heterocycles. The first-order chi connectivity index (χ1) is 33.5. The number of rotatable bonds is 52. The van der Waals surface area contributed by atoms with E-state index in [0.717, 1.165) is 96.3 Å². The van der Waals surface area contributed by atoms with Gasteiger partial charge in [0.15, 0.2) is 6.10 Å². The summed E-state index contributed by atoms with van der Waals surface area (Å²) >= 11 is 0. The van der Waals surface area contributed by atoms with Crippen molar-refractivity contribution in [3.05, 3.63) is 72.9 Å². The fraction of sp³-hybridized carbons (Fsp3) is 0.758. The van der Waals surface area contributed by atoms with Crippen molar-refractivity contribution in [2.24, 2.45) is 0 Å². The summed E-state index contributed by atoms with van der Waals surface area (Å²) < 4.78 is 16.8. The predicted octanol–water partition coefficient (Wildman–Crippen LogP) is 19.4. The van der Waals surface area contributed by atoms with E-state index in [1.807, 2.05) is 0 Å². The van der Waals surface area contributed by atoms with Crippen LogP contribution >= 0.6 is 0 Å². The van der Waals surface area contributed by atoms with E-state index in [9.17, 15) is 14.4 Å². The molecule has 1 atom stereocenters. The lowest BCUT2D eigenvalue weighted by molar-refractivity contribution is -0.167. The summed E-state index contributed by atoms with van der Waals surface area (Å²) in [5, 5.41) is 0. The molecule has 0 saturated heterocycles. The molecule has 6 nitrogen and oxygen atoms in total. The van der Waals surface area contributed by atoms with Gasteiger partial charge >= 0.3 is 17.9 Å². The zero-order chi connectivity index (χ0) is 49.3. The Bertz CT molecular complexity index is 1270. The minimum Gasteiger partial charge on any atom is -0.462 e. The van der Waals surface area contributed by atoms with Gasteiger partial charge in [-0.3, -0.25) is 14.4 Å². The Hall–Kier alpha value is -3.15. The van der Waals surface area contributed by atoms with Crippen molar-refractivity contribution in [3.63, 3.8) is 0 Å². The minimum absolute atomic E-state index is 0.0918. The minimum atomic E-state index is -0.798. The summed E-state index contributed by atoms with van der Waals surface area (Å²) in [5.41, 5.74) is 0. The molecule has 0 aromatic rings. The second-order valence-corrected chi connectivity index (χ2v) is 19.3. The molecule has 0 aliphatic rings. The van der Waals surface area contributed by atoms with Gasteiger partial charge in [-0.15, -0.1) is 0 Å². The number of ether oxygens (including phenoxy) is 3. The van der Waals surface area contributed by atoms with Crippen LogP contribution in [0.25, 0.3) is 0 Å². The molecule has 0 radical (unpaired) electrons. The SMILES string of the molecule is CCCCC\C=C/C=C\C=C/C=C\CCCCCCCC(=O)OCC(COC(=O)CCCCCCCCCCCCCCCCCC)OC(=O)CCCCC/C=C\C=C/CCCCCCCCC. The molecule has 0 spiro atoms. The molecule has 0 aromatic carbocycles. The Morgan fingerprint density at radius 2 is 0.529 bits per heavy atom. The molecule has 0 fully saturated rings. The first-order valence-corrected chi connectivity index (χ1v) is 29.0. The van der Waals surface area contributed by atoms with Crippen LogP contribution in [0.15, 0.2) is 72.9 Å². The highest BCUT2D eigenvalue weighted by molar-refractivity contribution is 5.71. The lowest BCUT2D eigenvalue weighted by atomic mass is 10.0. The molecule has 0 saturated carbocycles. The van der Waals surface area contributed by atoms with Gasteiger partial charge in [0.1, 0.15) is 13.2 Å². The second-order valence-electron chi connectivity index (χ2n) is 19.3. The lowest BCUT2D eigenvalue weighted by Gasteiger charge is -2.18. The third-order valence-electron chi connectivity index (χ3n) is 12.6. The van der Waals surface area contributed by atoms with Crippen molar-refractivity contribution < 1.29 is 28.6 Å². The van der Waals surface area contributed by atoms with Crippen molar-refractivity contribution in [3.8, 4) is 0 Å². The molecule has 0 bridgehead atoms. The largest absolute Gasteiger partial charge is 0.462 e. The van der Waals surface area contributed by atoms with E-state index in [-0.39, 0.29) is 31.1 Å². The molecular weight excluding hydrogens is 841 g/mol. The zero-order valence-corrected chi connectivity index (χ0v) is 44.9. The third-order valence-corrected chi connectivity index (χ3v) is 12.6. The van der Waals surface area contributed by atoms with Gasteiger partial charge in [-0.25, -0.2) is 0 Å². The maximum absolute atomic E-state index is 12.8. The van der Waals surface area contributed by atoms with E-state index in [0.29, 0.717) is 19.3 Å². The maximum atomic E-state index is 12.8. The highest BCUT2D eigenvalue weighted by Gasteiger charge is 2.19. The fourth-order valence-corrected chi connectivity index (χ4v) is 8.15. The normalized spacial score (nSPS) is 12.6. The average Bonchev–Trinajstić information content (AvgIpc) is 3.34. The number of allylic oxidation sites excluding steroid dienone is 12. The Labute approximate surface area is 421 Å². The van der Waals surface area contributed by atoms with Crippen LogP contribution < -0.4 is 0 Å². The zero-order valence-electron chi connectivity index (χ0n) is 44.9. The maximum Gasteiger partial charge on any atom is 0.306 e. The summed E-state index contributed by atoms with van der Waals surface area (Å²) in [6.07, 6.45) is 71.7. The lowest BCUT2D eigenvalue weighted by Crippen LogP contribution is -2.30. The number of hydrogen-bond donors (Lipinski definition) is 0. The molecule has 68 heavy (non-hydrogen) atoms. The molecule has 0 aliphatic heterocycles. The van der Waals surface area contributed by atoms with E-state index in [1.165, 1.54) is 148 Å². The van der Waals surface area contributed by atoms with Crippen LogP contribution in [0, 0.1) is 0 Å². The van der Waals surface area contributed by atoms with Gasteiger partial charge in [-0.1, -0.05) is 267 Å². The van der Waals surface area contributed by atoms with Gasteiger partial charge in [0, 0.05) is 19.3 Å². The Morgan fingerprint density at radius 1 is 0.294 bits per heavy atom. The molecule has 0 aromatic heterocycles. The van der Waals surface area contributed by atoms with E-state index < -0.39 is 6.10 Å². The first kappa shape index (κ1) is 64.8. The molecule has 0 amide bonds. The van der Waals surface area contributed by atoms with Crippen LogP contribution in [0.5, 0.6) is 0 Å². The van der Waals surface area contributed by atoms with Crippen LogP contribution in [-0.2, 0) is 28.6 Å². The topological polar surface area (TPSA) is 78.9 Å². The highest BCUT2D eigenvalue weighted by Crippen LogP contribution is 2.16. The van der Waals surface area contributed by atoms with Crippen LogP contribution in [0.3, 0.4) is 0 Å². The summed E-state index contributed by atoms with van der Waals surface area (Å²) in [5.74, 6) is -0.932. The van der Waals surface area contributed by atoms with Crippen molar-refractivity contribution in [2.45, 2.75) is 290 Å². The van der Waals surface area contributed by atoms with Gasteiger partial charge in [0.25, 0.3) is 0 Å². The Kier molecular flexibility index (Phi) is 53.8. The standard InChI is InChI=1S/C62H108O6/c1-4-7-10-13-16-19-22-25-28-31-32-35-37-40-43-46-49-52-55-61(64)67-58-59(68-62(65)56-53-50-47-44-41-38-34-30-27-24-21-18-15-12-9-6-3)57-66-60(63)54-51-48-45-42-39-36-33-29-26-23-20-17-14-11-8-5-2/h16,19,22,25,28,30-32,34-35,38,41,59H,4-15,17-18,20-21,23-24,26-27,29,33,36-37,39-40,42-58H2,1-3H3/b19-16-,25-22-,31-28-,34-30-,35-32-,41-38-. The second kappa shape index (κ2) is 56.4. The van der Waals surface area contributed by atoms with E-state index >= 15 is 0 Å². The van der Waals surface area contributed by atoms with Crippen molar-refractivity contribution in [1.82, 2.24) is 0 Å². The van der Waals surface area contributed by atoms with Crippen LogP contribution in [0.2, 0.25) is 0 Å². The number of carbonyl (C=O) groups is 3. The van der Waals surface area contributed by atoms with Gasteiger partial charge in [-0.2, -0.15) is 0 Å². The summed E-state index contributed by atoms with van der Waals surface area (Å²) in [6.45, 7) is 6.58.